The van der Waals surface area contributed by atoms with Crippen LogP contribution in [0, 0.1) is 0 Å². The van der Waals surface area contributed by atoms with Crippen LogP contribution in [0.3, 0.4) is 0 Å². The van der Waals surface area contributed by atoms with Gasteiger partial charge in [0.05, 0.1) is 26.5 Å². The van der Waals surface area contributed by atoms with Crippen molar-refractivity contribution < 1.29 is 16.8 Å². The Bertz CT molecular complexity index is 2340. The normalized spacial score (nSPS) is 12.2. The molecule has 0 bridgehead atoms. The highest BCUT2D eigenvalue weighted by Gasteiger charge is 2.25. The molecule has 0 spiro atoms. The number of para-hydroxylation sites is 2. The van der Waals surface area contributed by atoms with E-state index in [1.165, 1.54) is 7.94 Å². The number of benzene rings is 5. The van der Waals surface area contributed by atoms with Crippen molar-refractivity contribution in [2.45, 2.75) is 16.2 Å². The van der Waals surface area contributed by atoms with Gasteiger partial charge < -0.3 is 0 Å². The highest BCUT2D eigenvalue weighted by atomic mass is 32.2. The van der Waals surface area contributed by atoms with E-state index >= 15 is 0 Å². The SMILES string of the molecule is O=S(=O)(c1ccccc1)n1c(Cc2cccc(-c3cc4ccccc4n3S(=O)(=O)c3ccccc3)c2)cc2ccccc21. The van der Waals surface area contributed by atoms with Crippen LogP contribution in [-0.2, 0) is 26.5 Å². The van der Waals surface area contributed by atoms with Crippen molar-refractivity contribution in [3.05, 3.63) is 157 Å². The summed E-state index contributed by atoms with van der Waals surface area (Å²) in [6, 6.07) is 43.0. The minimum atomic E-state index is -3.91. The summed E-state index contributed by atoms with van der Waals surface area (Å²) >= 11 is 0. The summed E-state index contributed by atoms with van der Waals surface area (Å²) in [5.41, 5.74) is 3.89. The molecule has 0 fully saturated rings. The molecule has 212 valence electrons. The van der Waals surface area contributed by atoms with Crippen molar-refractivity contribution in [2.75, 3.05) is 0 Å². The average Bonchev–Trinajstić information content (AvgIpc) is 3.61. The van der Waals surface area contributed by atoms with Crippen LogP contribution < -0.4 is 0 Å². The first-order chi connectivity index (χ1) is 20.8. The van der Waals surface area contributed by atoms with Gasteiger partial charge in [0, 0.05) is 22.9 Å². The van der Waals surface area contributed by atoms with Crippen LogP contribution in [0.15, 0.2) is 155 Å². The van der Waals surface area contributed by atoms with Crippen LogP contribution >= 0.6 is 0 Å². The Hall–Kier alpha value is -4.92. The van der Waals surface area contributed by atoms with E-state index < -0.39 is 20.0 Å². The third-order valence-electron chi connectivity index (χ3n) is 7.58. The highest BCUT2D eigenvalue weighted by molar-refractivity contribution is 7.90. The predicted molar refractivity (Wildman–Crippen MR) is 170 cm³/mol. The molecule has 5 aromatic carbocycles. The molecule has 0 aliphatic carbocycles. The maximum atomic E-state index is 14.0. The van der Waals surface area contributed by atoms with Gasteiger partial charge in [-0.1, -0.05) is 91.0 Å². The van der Waals surface area contributed by atoms with Gasteiger partial charge in [-0.3, -0.25) is 0 Å². The Morgan fingerprint density at radius 2 is 0.977 bits per heavy atom. The van der Waals surface area contributed by atoms with Gasteiger partial charge in [0.1, 0.15) is 0 Å². The molecule has 6 nitrogen and oxygen atoms in total. The molecule has 0 aliphatic rings. The Balaban J connectivity index is 1.37. The minimum absolute atomic E-state index is 0.199. The van der Waals surface area contributed by atoms with Gasteiger partial charge in [-0.05, 0) is 65.7 Å². The smallest absolute Gasteiger partial charge is 0.238 e. The van der Waals surface area contributed by atoms with E-state index in [0.717, 1.165) is 16.3 Å². The topological polar surface area (TPSA) is 78.1 Å². The summed E-state index contributed by atoms with van der Waals surface area (Å²) < 4.78 is 58.5. The predicted octanol–water partition coefficient (Wildman–Crippen LogP) is 7.33. The lowest BCUT2D eigenvalue weighted by Crippen LogP contribution is -2.16. The fraction of sp³-hybridized carbons (Fsp3) is 0.0286. The molecule has 0 N–H and O–H groups in total. The first-order valence-electron chi connectivity index (χ1n) is 13.7. The van der Waals surface area contributed by atoms with Crippen molar-refractivity contribution in [1.82, 2.24) is 7.94 Å². The van der Waals surface area contributed by atoms with E-state index in [-0.39, 0.29) is 9.79 Å². The largest absolute Gasteiger partial charge is 0.268 e. The van der Waals surface area contributed by atoms with Crippen molar-refractivity contribution >= 4 is 41.9 Å². The fourth-order valence-corrected chi connectivity index (χ4v) is 8.75. The van der Waals surface area contributed by atoms with Crippen LogP contribution in [-0.4, -0.2) is 24.8 Å². The summed E-state index contributed by atoms with van der Waals surface area (Å²) in [4.78, 5) is 0.409. The summed E-state index contributed by atoms with van der Waals surface area (Å²) in [6.45, 7) is 0. The molecular formula is C35H26N2O4S2. The third-order valence-corrected chi connectivity index (χ3v) is 11.1. The molecule has 8 heteroatoms. The Kier molecular flexibility index (Phi) is 6.53. The molecule has 0 atom stereocenters. The summed E-state index contributed by atoms with van der Waals surface area (Å²) in [5, 5.41) is 1.62. The number of rotatable bonds is 7. The minimum Gasteiger partial charge on any atom is -0.238 e. The van der Waals surface area contributed by atoms with Gasteiger partial charge >= 0.3 is 0 Å². The molecule has 43 heavy (non-hydrogen) atoms. The van der Waals surface area contributed by atoms with Gasteiger partial charge in [-0.15, -0.1) is 0 Å². The molecule has 0 radical (unpaired) electrons. The van der Waals surface area contributed by atoms with Gasteiger partial charge in [-0.2, -0.15) is 0 Å². The van der Waals surface area contributed by atoms with E-state index in [9.17, 15) is 16.8 Å². The molecule has 2 aromatic heterocycles. The molecule has 2 heterocycles. The monoisotopic (exact) mass is 602 g/mol. The average molecular weight is 603 g/mol. The lowest BCUT2D eigenvalue weighted by molar-refractivity contribution is 0.586. The van der Waals surface area contributed by atoms with Gasteiger partial charge in [0.15, 0.2) is 0 Å². The van der Waals surface area contributed by atoms with E-state index in [0.29, 0.717) is 34.4 Å². The number of hydrogen-bond donors (Lipinski definition) is 0. The van der Waals surface area contributed by atoms with Crippen LogP contribution in [0.2, 0.25) is 0 Å². The van der Waals surface area contributed by atoms with Crippen LogP contribution in [0.5, 0.6) is 0 Å². The zero-order valence-corrected chi connectivity index (χ0v) is 24.5. The lowest BCUT2D eigenvalue weighted by Gasteiger charge is -2.14. The maximum Gasteiger partial charge on any atom is 0.268 e. The van der Waals surface area contributed by atoms with Crippen molar-refractivity contribution in [3.8, 4) is 11.3 Å². The van der Waals surface area contributed by atoms with Gasteiger partial charge in [0.25, 0.3) is 20.0 Å². The number of nitrogens with zero attached hydrogens (tertiary/aromatic N) is 2. The second-order valence-electron chi connectivity index (χ2n) is 10.3. The first kappa shape index (κ1) is 26.9. The zero-order chi connectivity index (χ0) is 29.6. The molecule has 0 saturated carbocycles. The molecule has 0 unspecified atom stereocenters. The summed E-state index contributed by atoms with van der Waals surface area (Å²) in [6.07, 6.45) is 0.320. The van der Waals surface area contributed by atoms with Crippen molar-refractivity contribution in [1.29, 1.82) is 0 Å². The standard InChI is InChI=1S/C35H26N2O4S2/c38-42(39,31-16-3-1-4-17-31)36-30(24-28-13-7-9-20-33(28)36)23-26-12-11-15-27(22-26)35-25-29-14-8-10-21-34(29)37(35)43(40,41)32-18-5-2-6-19-32/h1-22,24-25H,23H2. The van der Waals surface area contributed by atoms with Crippen LogP contribution in [0.1, 0.15) is 11.3 Å². The van der Waals surface area contributed by atoms with E-state index in [1.807, 2.05) is 78.9 Å². The van der Waals surface area contributed by atoms with Crippen molar-refractivity contribution in [3.63, 3.8) is 0 Å². The Morgan fingerprint density at radius 3 is 1.60 bits per heavy atom. The zero-order valence-electron chi connectivity index (χ0n) is 22.9. The second kappa shape index (κ2) is 10.4. The first-order valence-corrected chi connectivity index (χ1v) is 16.6. The van der Waals surface area contributed by atoms with Crippen LogP contribution in [0.25, 0.3) is 33.1 Å². The van der Waals surface area contributed by atoms with Gasteiger partial charge in [0.2, 0.25) is 0 Å². The molecule has 0 aliphatic heterocycles. The van der Waals surface area contributed by atoms with Crippen LogP contribution in [0.4, 0.5) is 0 Å². The van der Waals surface area contributed by atoms with Gasteiger partial charge in [-0.25, -0.2) is 24.8 Å². The number of fused-ring (bicyclic) bond motifs is 2. The number of hydrogen-bond acceptors (Lipinski definition) is 4. The summed E-state index contributed by atoms with van der Waals surface area (Å²) in [5.74, 6) is 0. The third kappa shape index (κ3) is 4.65. The lowest BCUT2D eigenvalue weighted by atomic mass is 10.0. The highest BCUT2D eigenvalue weighted by Crippen LogP contribution is 2.34. The maximum absolute atomic E-state index is 14.0. The van der Waals surface area contributed by atoms with E-state index in [1.54, 1.807) is 66.7 Å². The second-order valence-corrected chi connectivity index (χ2v) is 13.9. The molecule has 0 amide bonds. The quantitative estimate of drug-likeness (QED) is 0.191. The number of aromatic nitrogens is 2. The van der Waals surface area contributed by atoms with Crippen molar-refractivity contribution in [2.24, 2.45) is 0 Å². The molecule has 7 aromatic rings. The Morgan fingerprint density at radius 1 is 0.465 bits per heavy atom. The fourth-order valence-electron chi connectivity index (χ4n) is 5.63. The molecular weight excluding hydrogens is 577 g/mol. The van der Waals surface area contributed by atoms with E-state index in [4.69, 9.17) is 0 Å². The molecule has 7 rings (SSSR count). The molecule has 0 saturated heterocycles. The van der Waals surface area contributed by atoms with E-state index in [2.05, 4.69) is 0 Å². The summed E-state index contributed by atoms with van der Waals surface area (Å²) in [7, 11) is -7.79. The Labute approximate surface area is 250 Å².